The second-order valence-electron chi connectivity index (χ2n) is 4.87. The highest BCUT2D eigenvalue weighted by molar-refractivity contribution is 7.90. The summed E-state index contributed by atoms with van der Waals surface area (Å²) in [6, 6.07) is 12.8. The zero-order valence-corrected chi connectivity index (χ0v) is 13.0. The molecule has 0 aliphatic heterocycles. The molecule has 0 unspecified atom stereocenters. The van der Waals surface area contributed by atoms with Crippen LogP contribution in [0.5, 0.6) is 0 Å². The van der Waals surface area contributed by atoms with Crippen LogP contribution in [0.1, 0.15) is 11.1 Å². The van der Waals surface area contributed by atoms with Gasteiger partial charge in [0.1, 0.15) is 4.90 Å². The first-order chi connectivity index (χ1) is 10.8. The Morgan fingerprint density at radius 2 is 1.87 bits per heavy atom. The largest absolute Gasteiger partial charge is 0.381 e. The number of anilines is 1. The quantitative estimate of drug-likeness (QED) is 0.665. The minimum Gasteiger partial charge on any atom is -0.381 e. The number of nitrogens with one attached hydrogen (secondary N) is 1. The molecular formula is C15H13N3O4S. The summed E-state index contributed by atoms with van der Waals surface area (Å²) in [6.45, 7) is 0.396. The van der Waals surface area contributed by atoms with E-state index in [9.17, 15) is 18.5 Å². The molecular weight excluding hydrogens is 318 g/mol. The molecule has 0 heterocycles. The molecule has 118 valence electrons. The standard InChI is InChI=1S/C15H13N3O4S/c1-23(21,22)15-8-13(6-7-14(15)18(19)20)17-10-12-4-2-11(9-16)3-5-12/h2-8,17H,10H2,1H3. The molecule has 0 amide bonds. The van der Waals surface area contributed by atoms with Crippen molar-refractivity contribution in [2.45, 2.75) is 11.4 Å². The van der Waals surface area contributed by atoms with E-state index in [1.165, 1.54) is 12.1 Å². The minimum atomic E-state index is -3.71. The predicted octanol–water partition coefficient (Wildman–Crippen LogP) is 2.48. The van der Waals surface area contributed by atoms with E-state index in [4.69, 9.17) is 5.26 Å². The zero-order chi connectivity index (χ0) is 17.0. The number of nitriles is 1. The maximum absolute atomic E-state index is 11.7. The SMILES string of the molecule is CS(=O)(=O)c1cc(NCc2ccc(C#N)cc2)ccc1[N+](=O)[O-]. The van der Waals surface area contributed by atoms with Crippen LogP contribution < -0.4 is 5.32 Å². The Morgan fingerprint density at radius 1 is 1.22 bits per heavy atom. The lowest BCUT2D eigenvalue weighted by Crippen LogP contribution is -2.05. The highest BCUT2D eigenvalue weighted by atomic mass is 32.2. The first-order valence-corrected chi connectivity index (χ1v) is 8.42. The van der Waals surface area contributed by atoms with Gasteiger partial charge in [-0.2, -0.15) is 5.26 Å². The second-order valence-corrected chi connectivity index (χ2v) is 6.86. The Balaban J connectivity index is 2.23. The molecule has 8 heteroatoms. The van der Waals surface area contributed by atoms with Gasteiger partial charge in [0, 0.05) is 24.6 Å². The molecule has 0 fully saturated rings. The lowest BCUT2D eigenvalue weighted by atomic mass is 10.1. The third-order valence-electron chi connectivity index (χ3n) is 3.14. The summed E-state index contributed by atoms with van der Waals surface area (Å²) in [4.78, 5) is 9.87. The van der Waals surface area contributed by atoms with Gasteiger partial charge in [-0.1, -0.05) is 12.1 Å². The fourth-order valence-corrected chi connectivity index (χ4v) is 2.84. The van der Waals surface area contributed by atoms with Crippen molar-refractivity contribution in [2.24, 2.45) is 0 Å². The fourth-order valence-electron chi connectivity index (χ4n) is 1.97. The van der Waals surface area contributed by atoms with Gasteiger partial charge in [0.15, 0.2) is 9.84 Å². The van der Waals surface area contributed by atoms with Gasteiger partial charge >= 0.3 is 0 Å². The van der Waals surface area contributed by atoms with Gasteiger partial charge in [-0.25, -0.2) is 8.42 Å². The van der Waals surface area contributed by atoms with Crippen molar-refractivity contribution in [2.75, 3.05) is 11.6 Å². The number of rotatable bonds is 5. The van der Waals surface area contributed by atoms with Crippen LogP contribution in [0.4, 0.5) is 11.4 Å². The van der Waals surface area contributed by atoms with E-state index >= 15 is 0 Å². The van der Waals surface area contributed by atoms with Gasteiger partial charge in [-0.15, -0.1) is 0 Å². The number of benzene rings is 2. The molecule has 2 aromatic carbocycles. The van der Waals surface area contributed by atoms with Crippen LogP contribution in [0.2, 0.25) is 0 Å². The minimum absolute atomic E-state index is 0.327. The fraction of sp³-hybridized carbons (Fsp3) is 0.133. The summed E-state index contributed by atoms with van der Waals surface area (Å²) in [5.41, 5.74) is 1.45. The number of nitrogens with zero attached hydrogens (tertiary/aromatic N) is 2. The number of sulfone groups is 1. The van der Waals surface area contributed by atoms with E-state index in [-0.39, 0.29) is 4.90 Å². The summed E-state index contributed by atoms with van der Waals surface area (Å²) >= 11 is 0. The Kier molecular flexibility index (Phi) is 4.62. The molecule has 0 spiro atoms. The lowest BCUT2D eigenvalue weighted by molar-refractivity contribution is -0.387. The van der Waals surface area contributed by atoms with Crippen LogP contribution in [-0.4, -0.2) is 19.6 Å². The molecule has 23 heavy (non-hydrogen) atoms. The van der Waals surface area contributed by atoms with Crippen LogP contribution in [-0.2, 0) is 16.4 Å². The molecule has 0 aliphatic rings. The normalized spacial score (nSPS) is 10.8. The third-order valence-corrected chi connectivity index (χ3v) is 4.26. The first kappa shape index (κ1) is 16.5. The second kappa shape index (κ2) is 6.46. The number of hydrogen-bond acceptors (Lipinski definition) is 6. The van der Waals surface area contributed by atoms with E-state index < -0.39 is 20.4 Å². The Morgan fingerprint density at radius 3 is 2.39 bits per heavy atom. The Labute approximate surface area is 133 Å². The number of nitro groups is 1. The van der Waals surface area contributed by atoms with Crippen LogP contribution in [0.25, 0.3) is 0 Å². The van der Waals surface area contributed by atoms with Crippen molar-refractivity contribution in [1.29, 1.82) is 5.26 Å². The number of nitro benzene ring substituents is 1. The van der Waals surface area contributed by atoms with Crippen LogP contribution >= 0.6 is 0 Å². The Hall–Kier alpha value is -2.92. The van der Waals surface area contributed by atoms with Crippen LogP contribution in [0.15, 0.2) is 47.4 Å². The maximum atomic E-state index is 11.7. The van der Waals surface area contributed by atoms with Gasteiger partial charge in [0.2, 0.25) is 0 Å². The van der Waals surface area contributed by atoms with E-state index in [1.807, 2.05) is 6.07 Å². The monoisotopic (exact) mass is 331 g/mol. The van der Waals surface area contributed by atoms with Crippen LogP contribution in [0.3, 0.4) is 0 Å². The molecule has 2 rings (SSSR count). The molecule has 0 radical (unpaired) electrons. The molecule has 2 aromatic rings. The van der Waals surface area contributed by atoms with E-state index in [0.29, 0.717) is 17.8 Å². The molecule has 0 aliphatic carbocycles. The van der Waals surface area contributed by atoms with E-state index in [2.05, 4.69) is 5.32 Å². The molecule has 0 saturated heterocycles. The maximum Gasteiger partial charge on any atom is 0.288 e. The highest BCUT2D eigenvalue weighted by Gasteiger charge is 2.22. The van der Waals surface area contributed by atoms with Gasteiger partial charge in [-0.3, -0.25) is 10.1 Å². The highest BCUT2D eigenvalue weighted by Crippen LogP contribution is 2.27. The van der Waals surface area contributed by atoms with Crippen molar-refractivity contribution >= 4 is 21.2 Å². The van der Waals surface area contributed by atoms with Crippen molar-refractivity contribution in [3.63, 3.8) is 0 Å². The van der Waals surface area contributed by atoms with E-state index in [1.54, 1.807) is 24.3 Å². The molecule has 7 nitrogen and oxygen atoms in total. The van der Waals surface area contributed by atoms with Crippen molar-refractivity contribution in [1.82, 2.24) is 0 Å². The average molecular weight is 331 g/mol. The van der Waals surface area contributed by atoms with Gasteiger partial charge in [0.05, 0.1) is 16.6 Å². The molecule has 0 bridgehead atoms. The smallest absolute Gasteiger partial charge is 0.288 e. The van der Waals surface area contributed by atoms with E-state index in [0.717, 1.165) is 17.9 Å². The predicted molar refractivity (Wildman–Crippen MR) is 84.7 cm³/mol. The van der Waals surface area contributed by atoms with Gasteiger partial charge in [0.25, 0.3) is 5.69 Å². The molecule has 0 aromatic heterocycles. The zero-order valence-electron chi connectivity index (χ0n) is 12.2. The van der Waals surface area contributed by atoms with Crippen molar-refractivity contribution < 1.29 is 13.3 Å². The molecule has 0 atom stereocenters. The summed E-state index contributed by atoms with van der Waals surface area (Å²) in [6.07, 6.45) is 0.930. The molecule has 1 N–H and O–H groups in total. The number of hydrogen-bond donors (Lipinski definition) is 1. The molecule has 0 saturated carbocycles. The summed E-state index contributed by atoms with van der Waals surface area (Å²) in [7, 11) is -3.71. The summed E-state index contributed by atoms with van der Waals surface area (Å²) < 4.78 is 23.4. The lowest BCUT2D eigenvalue weighted by Gasteiger charge is -2.08. The topological polar surface area (TPSA) is 113 Å². The first-order valence-electron chi connectivity index (χ1n) is 6.52. The van der Waals surface area contributed by atoms with Gasteiger partial charge in [-0.05, 0) is 29.8 Å². The Bertz CT molecular complexity index is 884. The summed E-state index contributed by atoms with van der Waals surface area (Å²) in [5, 5.41) is 22.7. The van der Waals surface area contributed by atoms with Crippen molar-refractivity contribution in [3.8, 4) is 6.07 Å². The third kappa shape index (κ3) is 4.05. The average Bonchev–Trinajstić information content (AvgIpc) is 2.52. The summed E-state index contributed by atoms with van der Waals surface area (Å²) in [5.74, 6) is 0. The van der Waals surface area contributed by atoms with Gasteiger partial charge < -0.3 is 5.32 Å². The van der Waals surface area contributed by atoms with Crippen molar-refractivity contribution in [3.05, 3.63) is 63.7 Å². The van der Waals surface area contributed by atoms with Crippen LogP contribution in [0, 0.1) is 21.4 Å².